The second kappa shape index (κ2) is 9.83. The summed E-state index contributed by atoms with van der Waals surface area (Å²) in [5.74, 6) is 0.480. The van der Waals surface area contributed by atoms with Crippen molar-refractivity contribution in [2.24, 2.45) is 10.8 Å². The fraction of sp³-hybridized carbons (Fsp3) is 0.400. The Bertz CT molecular complexity index is 1530. The monoisotopic (exact) mass is 562 g/mol. The summed E-state index contributed by atoms with van der Waals surface area (Å²) in [7, 11) is 1.40. The van der Waals surface area contributed by atoms with Gasteiger partial charge < -0.3 is 14.2 Å². The van der Waals surface area contributed by atoms with E-state index in [1.54, 1.807) is 18.2 Å². The van der Waals surface area contributed by atoms with Crippen LogP contribution >= 0.6 is 0 Å². The number of non-ortho nitro benzene ring substituents is 1. The summed E-state index contributed by atoms with van der Waals surface area (Å²) in [6, 6.07) is 7.98. The van der Waals surface area contributed by atoms with Crippen molar-refractivity contribution in [3.63, 3.8) is 0 Å². The highest BCUT2D eigenvalue weighted by atomic mass is 16.6. The number of nitrogens with zero attached hydrogens (tertiary/aromatic N) is 2. The normalized spacial score (nSPS) is 19.7. The number of nitro benzene ring substituents is 2. The molecule has 1 heterocycles. The van der Waals surface area contributed by atoms with Gasteiger partial charge in [0.05, 0.1) is 23.0 Å². The molecule has 0 unspecified atom stereocenters. The first-order valence-electron chi connectivity index (χ1n) is 13.2. The van der Waals surface area contributed by atoms with Crippen LogP contribution < -0.4 is 9.47 Å². The van der Waals surface area contributed by atoms with E-state index >= 15 is 0 Å². The van der Waals surface area contributed by atoms with Crippen molar-refractivity contribution in [1.29, 1.82) is 0 Å². The largest absolute Gasteiger partial charge is 0.493 e. The Morgan fingerprint density at radius 2 is 1.34 bits per heavy atom. The number of hydrogen-bond donors (Lipinski definition) is 0. The molecule has 0 amide bonds. The summed E-state index contributed by atoms with van der Waals surface area (Å²) in [6.07, 6.45) is 1.74. The van der Waals surface area contributed by atoms with Crippen molar-refractivity contribution in [3.05, 3.63) is 84.9 Å². The second-order valence-electron chi connectivity index (χ2n) is 12.3. The topological polar surface area (TPSA) is 148 Å². The van der Waals surface area contributed by atoms with Gasteiger partial charge in [0.2, 0.25) is 5.75 Å². The van der Waals surface area contributed by atoms with Crippen LogP contribution in [0.3, 0.4) is 0 Å². The Morgan fingerprint density at radius 3 is 1.85 bits per heavy atom. The predicted octanol–water partition coefficient (Wildman–Crippen LogP) is 6.70. The van der Waals surface area contributed by atoms with Gasteiger partial charge in [-0.1, -0.05) is 33.8 Å². The zero-order chi connectivity index (χ0) is 29.9. The van der Waals surface area contributed by atoms with Crippen molar-refractivity contribution in [3.8, 4) is 17.2 Å². The number of hydrogen-bond acceptors (Lipinski definition) is 9. The van der Waals surface area contributed by atoms with E-state index in [1.165, 1.54) is 7.11 Å². The third-order valence-electron chi connectivity index (χ3n) is 7.67. The average molecular weight is 563 g/mol. The number of carbonyl (C=O) groups is 2. The van der Waals surface area contributed by atoms with E-state index in [1.807, 2.05) is 27.7 Å². The molecule has 3 aliphatic rings. The van der Waals surface area contributed by atoms with Gasteiger partial charge in [0.1, 0.15) is 11.5 Å². The minimum absolute atomic E-state index is 0.0776. The second-order valence-corrected chi connectivity index (χ2v) is 12.3. The van der Waals surface area contributed by atoms with Crippen LogP contribution in [0.1, 0.15) is 64.9 Å². The third kappa shape index (κ3) is 5.19. The van der Waals surface area contributed by atoms with Crippen LogP contribution in [-0.2, 0) is 14.3 Å². The quantitative estimate of drug-likeness (QED) is 0.277. The van der Waals surface area contributed by atoms with Crippen molar-refractivity contribution < 1.29 is 33.6 Å². The average Bonchev–Trinajstić information content (AvgIpc) is 2.86. The molecule has 11 heteroatoms. The zero-order valence-electron chi connectivity index (χ0n) is 23.4. The van der Waals surface area contributed by atoms with Gasteiger partial charge in [0.15, 0.2) is 23.1 Å². The molecule has 0 saturated heterocycles. The molecule has 0 radical (unpaired) electrons. The van der Waals surface area contributed by atoms with Crippen LogP contribution in [-0.4, -0.2) is 28.5 Å². The Labute approximate surface area is 236 Å². The molecular weight excluding hydrogens is 532 g/mol. The van der Waals surface area contributed by atoms with Crippen LogP contribution in [0.25, 0.3) is 0 Å². The molecule has 5 rings (SSSR count). The van der Waals surface area contributed by atoms with Gasteiger partial charge in [0.25, 0.3) is 5.69 Å². The minimum Gasteiger partial charge on any atom is -0.493 e. The number of Topliss-reactive ketones (excluding diaryl/α,β-unsaturated/α-hetero) is 2. The number of ketones is 2. The van der Waals surface area contributed by atoms with Crippen molar-refractivity contribution in [2.75, 3.05) is 7.11 Å². The molecule has 0 spiro atoms. The van der Waals surface area contributed by atoms with Crippen LogP contribution in [0.4, 0.5) is 11.4 Å². The van der Waals surface area contributed by atoms with Crippen molar-refractivity contribution >= 4 is 22.9 Å². The highest BCUT2D eigenvalue weighted by Crippen LogP contribution is 2.54. The minimum atomic E-state index is -0.764. The molecule has 2 aromatic carbocycles. The molecule has 0 aromatic heterocycles. The molecule has 41 heavy (non-hydrogen) atoms. The summed E-state index contributed by atoms with van der Waals surface area (Å²) in [4.78, 5) is 48.3. The number of ether oxygens (including phenoxy) is 3. The standard InChI is InChI=1S/C30H30N2O9/c1-29(2)12-19(33)27-24(14-29)41-25-15-30(3,4)13-20(34)28(25)26(27)16-6-8-22(23(10-16)39-5)40-21-9-7-17(31(35)36)11-18(21)32(37)38/h6-11,26H,12-15H2,1-5H3. The van der Waals surface area contributed by atoms with Gasteiger partial charge in [-0.2, -0.15) is 0 Å². The molecule has 0 atom stereocenters. The lowest BCUT2D eigenvalue weighted by atomic mass is 9.65. The number of carbonyl (C=O) groups excluding carboxylic acids is 2. The third-order valence-corrected chi connectivity index (χ3v) is 7.67. The predicted molar refractivity (Wildman–Crippen MR) is 147 cm³/mol. The fourth-order valence-corrected chi connectivity index (χ4v) is 5.92. The molecule has 2 aromatic rings. The van der Waals surface area contributed by atoms with E-state index in [9.17, 15) is 29.8 Å². The Balaban J connectivity index is 1.60. The first-order valence-corrected chi connectivity index (χ1v) is 13.2. The molecule has 11 nitrogen and oxygen atoms in total. The Hall–Kier alpha value is -4.54. The Kier molecular flexibility index (Phi) is 6.71. The lowest BCUT2D eigenvalue weighted by molar-refractivity contribution is -0.394. The molecule has 0 fully saturated rings. The van der Waals surface area contributed by atoms with E-state index in [0.717, 1.165) is 18.2 Å². The van der Waals surface area contributed by atoms with Gasteiger partial charge >= 0.3 is 5.69 Å². The highest BCUT2D eigenvalue weighted by Gasteiger charge is 2.48. The van der Waals surface area contributed by atoms with E-state index in [4.69, 9.17) is 14.2 Å². The van der Waals surface area contributed by atoms with E-state index in [2.05, 4.69) is 0 Å². The lowest BCUT2D eigenvalue weighted by Crippen LogP contribution is -2.37. The van der Waals surface area contributed by atoms with Crippen LogP contribution in [0.5, 0.6) is 17.2 Å². The molecule has 2 aliphatic carbocycles. The molecule has 0 saturated carbocycles. The Morgan fingerprint density at radius 1 is 0.780 bits per heavy atom. The summed E-state index contributed by atoms with van der Waals surface area (Å²) in [5, 5.41) is 22.7. The summed E-state index contributed by atoms with van der Waals surface area (Å²) >= 11 is 0. The first kappa shape index (κ1) is 28.0. The summed E-state index contributed by atoms with van der Waals surface area (Å²) in [5.41, 5.74) is -0.0409. The van der Waals surface area contributed by atoms with E-state index in [0.29, 0.717) is 53.9 Å². The maximum absolute atomic E-state index is 13.5. The summed E-state index contributed by atoms with van der Waals surface area (Å²) < 4.78 is 17.7. The summed E-state index contributed by atoms with van der Waals surface area (Å²) in [6.45, 7) is 8.05. The molecule has 1 aliphatic heterocycles. The fourth-order valence-electron chi connectivity index (χ4n) is 5.92. The van der Waals surface area contributed by atoms with Gasteiger partial charge in [-0.15, -0.1) is 0 Å². The first-order chi connectivity index (χ1) is 19.2. The van der Waals surface area contributed by atoms with Gasteiger partial charge in [0, 0.05) is 48.8 Å². The molecule has 214 valence electrons. The van der Waals surface area contributed by atoms with E-state index < -0.39 is 27.1 Å². The molecule has 0 N–H and O–H groups in total. The SMILES string of the molecule is COc1cc(C2C3=C(CC(C)(C)CC3=O)OC3=C2C(=O)CC(C)(C)C3)ccc1Oc1ccc([N+](=O)[O-])cc1[N+](=O)[O-]. The van der Waals surface area contributed by atoms with Crippen molar-refractivity contribution in [2.45, 2.75) is 59.3 Å². The number of methoxy groups -OCH3 is 1. The van der Waals surface area contributed by atoms with Gasteiger partial charge in [-0.25, -0.2) is 0 Å². The van der Waals surface area contributed by atoms with E-state index in [-0.39, 0.29) is 39.6 Å². The molecular formula is C30H30N2O9. The van der Waals surface area contributed by atoms with Crippen LogP contribution in [0, 0.1) is 31.1 Å². The van der Waals surface area contributed by atoms with Gasteiger partial charge in [-0.3, -0.25) is 29.8 Å². The number of allylic oxidation sites excluding steroid dienone is 4. The number of benzene rings is 2. The number of nitro groups is 2. The number of rotatable bonds is 6. The smallest absolute Gasteiger partial charge is 0.318 e. The zero-order valence-corrected chi connectivity index (χ0v) is 23.4. The maximum Gasteiger partial charge on any atom is 0.318 e. The van der Waals surface area contributed by atoms with Crippen LogP contribution in [0.2, 0.25) is 0 Å². The van der Waals surface area contributed by atoms with Crippen molar-refractivity contribution in [1.82, 2.24) is 0 Å². The van der Waals surface area contributed by atoms with Crippen LogP contribution in [0.15, 0.2) is 59.1 Å². The maximum atomic E-state index is 13.5. The van der Waals surface area contributed by atoms with Gasteiger partial charge in [-0.05, 0) is 34.6 Å². The lowest BCUT2D eigenvalue weighted by Gasteiger charge is -2.42. The highest BCUT2D eigenvalue weighted by molar-refractivity contribution is 6.06. The molecule has 0 bridgehead atoms.